The van der Waals surface area contributed by atoms with Crippen molar-refractivity contribution in [3.63, 3.8) is 0 Å². The minimum absolute atomic E-state index is 0.0200. The number of phenolic OH excluding ortho intramolecular Hbond substituents is 1. The standard InChI is InChI=1S/C22H20FN3O4S2/c1-3-32(29,30)16-8-9-19(27)18(10-16)24-21(28)20-11-17-13(2)25-26(22(17)31-20)12-14-4-6-15(23)7-5-14/h4-11,27H,3,12H2,1-2H3,(H,24,28). The molecule has 0 aliphatic rings. The molecule has 4 rings (SSSR count). The number of thiophene rings is 1. The van der Waals surface area contributed by atoms with E-state index in [1.807, 2.05) is 6.92 Å². The molecular formula is C22H20FN3O4S2. The van der Waals surface area contributed by atoms with Crippen LogP contribution >= 0.6 is 11.3 Å². The van der Waals surface area contributed by atoms with Crippen LogP contribution in [0.15, 0.2) is 53.4 Å². The number of hydrogen-bond donors (Lipinski definition) is 2. The van der Waals surface area contributed by atoms with Gasteiger partial charge in [0.15, 0.2) is 9.84 Å². The number of nitrogens with one attached hydrogen (secondary N) is 1. The van der Waals surface area contributed by atoms with Crippen LogP contribution < -0.4 is 5.32 Å². The number of fused-ring (bicyclic) bond motifs is 1. The summed E-state index contributed by atoms with van der Waals surface area (Å²) < 4.78 is 39.2. The van der Waals surface area contributed by atoms with Gasteiger partial charge in [0.1, 0.15) is 16.4 Å². The van der Waals surface area contributed by atoms with E-state index in [9.17, 15) is 22.7 Å². The highest BCUT2D eigenvalue weighted by molar-refractivity contribution is 7.91. The molecule has 4 aromatic rings. The highest BCUT2D eigenvalue weighted by Crippen LogP contribution is 2.31. The molecule has 2 heterocycles. The molecule has 10 heteroatoms. The second-order valence-corrected chi connectivity index (χ2v) is 10.5. The van der Waals surface area contributed by atoms with Gasteiger partial charge in [-0.15, -0.1) is 11.3 Å². The number of hydrogen-bond acceptors (Lipinski definition) is 6. The van der Waals surface area contributed by atoms with E-state index in [2.05, 4.69) is 10.4 Å². The first-order valence-electron chi connectivity index (χ1n) is 9.76. The third-order valence-electron chi connectivity index (χ3n) is 5.03. The van der Waals surface area contributed by atoms with Crippen molar-refractivity contribution in [1.29, 1.82) is 0 Å². The number of amides is 1. The van der Waals surface area contributed by atoms with Crippen molar-refractivity contribution < 1.29 is 22.7 Å². The fourth-order valence-electron chi connectivity index (χ4n) is 3.25. The van der Waals surface area contributed by atoms with Crippen LogP contribution in [0.5, 0.6) is 5.75 Å². The third-order valence-corrected chi connectivity index (χ3v) is 7.91. The maximum atomic E-state index is 13.2. The lowest BCUT2D eigenvalue weighted by Gasteiger charge is -2.09. The van der Waals surface area contributed by atoms with Crippen molar-refractivity contribution in [2.45, 2.75) is 25.3 Å². The maximum Gasteiger partial charge on any atom is 0.265 e. The molecule has 0 atom stereocenters. The van der Waals surface area contributed by atoms with Crippen LogP contribution in [0.2, 0.25) is 0 Å². The topological polar surface area (TPSA) is 101 Å². The predicted molar refractivity (Wildman–Crippen MR) is 122 cm³/mol. The number of benzene rings is 2. The number of anilines is 1. The number of sulfone groups is 1. The lowest BCUT2D eigenvalue weighted by Crippen LogP contribution is -2.11. The molecule has 0 radical (unpaired) electrons. The molecule has 0 bridgehead atoms. The Hall–Kier alpha value is -3.24. The Morgan fingerprint density at radius 1 is 1.19 bits per heavy atom. The van der Waals surface area contributed by atoms with Crippen LogP contribution in [0.25, 0.3) is 10.2 Å². The van der Waals surface area contributed by atoms with Crippen LogP contribution in [-0.2, 0) is 16.4 Å². The maximum absolute atomic E-state index is 13.2. The minimum Gasteiger partial charge on any atom is -0.506 e. The van der Waals surface area contributed by atoms with Gasteiger partial charge in [0, 0.05) is 5.39 Å². The fraction of sp³-hybridized carbons (Fsp3) is 0.182. The molecule has 1 amide bonds. The first-order chi connectivity index (χ1) is 15.2. The molecule has 2 aromatic carbocycles. The first-order valence-corrected chi connectivity index (χ1v) is 12.2. The Bertz CT molecular complexity index is 1420. The average molecular weight is 474 g/mol. The molecule has 0 spiro atoms. The van der Waals surface area contributed by atoms with E-state index in [1.54, 1.807) is 22.9 Å². The number of phenols is 1. The fourth-order valence-corrected chi connectivity index (χ4v) is 5.22. The summed E-state index contributed by atoms with van der Waals surface area (Å²) in [4.78, 5) is 14.0. The van der Waals surface area contributed by atoms with E-state index in [4.69, 9.17) is 0 Å². The Kier molecular flexibility index (Phi) is 5.74. The summed E-state index contributed by atoms with van der Waals surface area (Å²) in [6.07, 6.45) is 0. The van der Waals surface area contributed by atoms with Gasteiger partial charge in [0.2, 0.25) is 0 Å². The van der Waals surface area contributed by atoms with Gasteiger partial charge in [0.25, 0.3) is 5.91 Å². The largest absolute Gasteiger partial charge is 0.506 e. The zero-order chi connectivity index (χ0) is 23.0. The molecular weight excluding hydrogens is 453 g/mol. The van der Waals surface area contributed by atoms with Crippen molar-refractivity contribution >= 4 is 43.0 Å². The van der Waals surface area contributed by atoms with E-state index in [0.29, 0.717) is 11.4 Å². The van der Waals surface area contributed by atoms with Crippen molar-refractivity contribution in [2.75, 3.05) is 11.1 Å². The number of nitrogens with zero attached hydrogens (tertiary/aromatic N) is 2. The lowest BCUT2D eigenvalue weighted by molar-refractivity contribution is 0.103. The van der Waals surface area contributed by atoms with Crippen molar-refractivity contribution in [3.8, 4) is 5.75 Å². The molecule has 32 heavy (non-hydrogen) atoms. The second-order valence-electron chi connectivity index (χ2n) is 7.24. The SMILES string of the molecule is CCS(=O)(=O)c1ccc(O)c(NC(=O)c2cc3c(C)nn(Cc4ccc(F)cc4)c3s2)c1. The number of carbonyl (C=O) groups excluding carboxylic acids is 1. The number of aromatic nitrogens is 2. The monoisotopic (exact) mass is 473 g/mol. The molecule has 0 aliphatic heterocycles. The smallest absolute Gasteiger partial charge is 0.265 e. The quantitative estimate of drug-likeness (QED) is 0.406. The Balaban J connectivity index is 1.62. The van der Waals surface area contributed by atoms with Gasteiger partial charge in [-0.1, -0.05) is 19.1 Å². The number of carbonyl (C=O) groups is 1. The zero-order valence-corrected chi connectivity index (χ0v) is 18.9. The molecule has 0 saturated heterocycles. The van der Waals surface area contributed by atoms with Gasteiger partial charge >= 0.3 is 0 Å². The summed E-state index contributed by atoms with van der Waals surface area (Å²) >= 11 is 1.23. The number of aryl methyl sites for hydroxylation is 1. The van der Waals surface area contributed by atoms with E-state index in [1.165, 1.54) is 48.6 Å². The number of aromatic hydroxyl groups is 1. The molecule has 0 aliphatic carbocycles. The van der Waals surface area contributed by atoms with Gasteiger partial charge in [-0.2, -0.15) is 5.10 Å². The van der Waals surface area contributed by atoms with Gasteiger partial charge in [-0.3, -0.25) is 9.48 Å². The lowest BCUT2D eigenvalue weighted by atomic mass is 10.2. The first kappa shape index (κ1) is 22.0. The molecule has 0 fully saturated rings. The summed E-state index contributed by atoms with van der Waals surface area (Å²) in [5, 5.41) is 18.0. The van der Waals surface area contributed by atoms with Crippen molar-refractivity contribution in [2.24, 2.45) is 0 Å². The van der Waals surface area contributed by atoms with Gasteiger partial charge < -0.3 is 10.4 Å². The van der Waals surface area contributed by atoms with Gasteiger partial charge in [0.05, 0.1) is 33.5 Å². The summed E-state index contributed by atoms with van der Waals surface area (Å²) in [6, 6.07) is 11.6. The van der Waals surface area contributed by atoms with Crippen LogP contribution in [0, 0.1) is 12.7 Å². The van der Waals surface area contributed by atoms with E-state index in [0.717, 1.165) is 21.5 Å². The van der Waals surface area contributed by atoms with E-state index >= 15 is 0 Å². The van der Waals surface area contributed by atoms with E-state index < -0.39 is 15.7 Å². The average Bonchev–Trinajstić information content (AvgIpc) is 3.32. The summed E-state index contributed by atoms with van der Waals surface area (Å²) in [5.41, 5.74) is 1.64. The number of halogens is 1. The molecule has 7 nitrogen and oxygen atoms in total. The Morgan fingerprint density at radius 3 is 2.59 bits per heavy atom. The van der Waals surface area contributed by atoms with Crippen molar-refractivity contribution in [3.05, 3.63) is 70.5 Å². The summed E-state index contributed by atoms with van der Waals surface area (Å²) in [6.45, 7) is 3.78. The third kappa shape index (κ3) is 4.23. The predicted octanol–water partition coefficient (Wildman–Crippen LogP) is 4.35. The Labute approximate surface area is 188 Å². The normalized spacial score (nSPS) is 11.7. The Morgan fingerprint density at radius 2 is 1.91 bits per heavy atom. The van der Waals surface area contributed by atoms with Crippen molar-refractivity contribution in [1.82, 2.24) is 9.78 Å². The molecule has 2 aromatic heterocycles. The van der Waals surface area contributed by atoms with Gasteiger partial charge in [-0.25, -0.2) is 12.8 Å². The minimum atomic E-state index is -3.49. The van der Waals surface area contributed by atoms with Crippen LogP contribution in [0.3, 0.4) is 0 Å². The van der Waals surface area contributed by atoms with E-state index in [-0.39, 0.29) is 27.9 Å². The van der Waals surface area contributed by atoms with Crippen LogP contribution in [0.4, 0.5) is 10.1 Å². The number of rotatable bonds is 6. The van der Waals surface area contributed by atoms with Crippen LogP contribution in [0.1, 0.15) is 27.9 Å². The highest BCUT2D eigenvalue weighted by Gasteiger charge is 2.19. The molecule has 166 valence electrons. The molecule has 0 unspecified atom stereocenters. The second kappa shape index (κ2) is 8.36. The highest BCUT2D eigenvalue weighted by atomic mass is 32.2. The zero-order valence-electron chi connectivity index (χ0n) is 17.3. The summed E-state index contributed by atoms with van der Waals surface area (Å²) in [5.74, 6) is -1.11. The van der Waals surface area contributed by atoms with Gasteiger partial charge in [-0.05, 0) is 48.9 Å². The molecule has 0 saturated carbocycles. The summed E-state index contributed by atoms with van der Waals surface area (Å²) in [7, 11) is -3.49. The molecule has 2 N–H and O–H groups in total. The van der Waals surface area contributed by atoms with Crippen LogP contribution in [-0.4, -0.2) is 35.0 Å².